The van der Waals surface area contributed by atoms with Crippen molar-refractivity contribution in [2.75, 3.05) is 20.2 Å². The highest BCUT2D eigenvalue weighted by molar-refractivity contribution is 5.85. The molecule has 0 bridgehead atoms. The van der Waals surface area contributed by atoms with Crippen molar-refractivity contribution in [2.45, 2.75) is 20.3 Å². The van der Waals surface area contributed by atoms with E-state index in [1.165, 1.54) is 0 Å². The molecular weight excluding hydrogens is 256 g/mol. The maximum absolute atomic E-state index is 11.7. The fourth-order valence-electron chi connectivity index (χ4n) is 1.55. The predicted molar refractivity (Wildman–Crippen MR) is 77.6 cm³/mol. The van der Waals surface area contributed by atoms with Crippen LogP contribution in [0.4, 0.5) is 0 Å². The third-order valence-electron chi connectivity index (χ3n) is 2.68. The first-order chi connectivity index (χ1) is 9.51. The number of carbonyl (C=O) groups is 2. The zero-order valence-electron chi connectivity index (χ0n) is 12.2. The van der Waals surface area contributed by atoms with E-state index in [1.54, 1.807) is 19.2 Å². The summed E-state index contributed by atoms with van der Waals surface area (Å²) in [5.74, 6) is 0.813. The molecule has 0 saturated heterocycles. The van der Waals surface area contributed by atoms with Crippen molar-refractivity contribution in [1.29, 1.82) is 0 Å². The van der Waals surface area contributed by atoms with Gasteiger partial charge < -0.3 is 15.4 Å². The molecule has 20 heavy (non-hydrogen) atoms. The fraction of sp³-hybridized carbons (Fsp3) is 0.467. The van der Waals surface area contributed by atoms with E-state index in [0.29, 0.717) is 12.5 Å². The molecule has 0 atom stereocenters. The Labute approximate surface area is 119 Å². The molecule has 0 aliphatic rings. The number of hydrogen-bond donors (Lipinski definition) is 2. The van der Waals surface area contributed by atoms with E-state index in [1.807, 2.05) is 26.0 Å². The Morgan fingerprint density at radius 2 is 1.75 bits per heavy atom. The largest absolute Gasteiger partial charge is 0.497 e. The van der Waals surface area contributed by atoms with E-state index in [4.69, 9.17) is 4.74 Å². The van der Waals surface area contributed by atoms with Crippen LogP contribution in [0, 0.1) is 5.92 Å². The minimum atomic E-state index is -0.171. The normalized spacial score (nSPS) is 10.2. The third-order valence-corrected chi connectivity index (χ3v) is 2.68. The van der Waals surface area contributed by atoms with Gasteiger partial charge in [0.1, 0.15) is 5.75 Å². The van der Waals surface area contributed by atoms with Crippen molar-refractivity contribution in [3.05, 3.63) is 29.8 Å². The molecule has 0 spiro atoms. The summed E-state index contributed by atoms with van der Waals surface area (Å²) in [7, 11) is 1.59. The van der Waals surface area contributed by atoms with Gasteiger partial charge in [-0.25, -0.2) is 0 Å². The van der Waals surface area contributed by atoms with Crippen LogP contribution in [0.25, 0.3) is 0 Å². The van der Waals surface area contributed by atoms with Crippen molar-refractivity contribution in [3.63, 3.8) is 0 Å². The topological polar surface area (TPSA) is 67.4 Å². The summed E-state index contributed by atoms with van der Waals surface area (Å²) in [6.45, 7) is 4.67. The second-order valence-corrected chi connectivity index (χ2v) is 5.00. The summed E-state index contributed by atoms with van der Waals surface area (Å²) in [6, 6.07) is 7.27. The van der Waals surface area contributed by atoms with Crippen molar-refractivity contribution < 1.29 is 14.3 Å². The van der Waals surface area contributed by atoms with E-state index in [0.717, 1.165) is 11.3 Å². The van der Waals surface area contributed by atoms with Crippen molar-refractivity contribution in [1.82, 2.24) is 10.6 Å². The van der Waals surface area contributed by atoms with Crippen LogP contribution in [0.1, 0.15) is 19.4 Å². The number of methoxy groups -OCH3 is 1. The number of rotatable bonds is 7. The highest BCUT2D eigenvalue weighted by Gasteiger charge is 2.07. The quantitative estimate of drug-likeness (QED) is 0.785. The van der Waals surface area contributed by atoms with Gasteiger partial charge in [-0.2, -0.15) is 0 Å². The van der Waals surface area contributed by atoms with Gasteiger partial charge in [0.2, 0.25) is 11.8 Å². The standard InChI is InChI=1S/C15H22N2O3/c1-11(2)9-16-15(19)10-17-14(18)8-12-4-6-13(20-3)7-5-12/h4-7,11H,8-10H2,1-3H3,(H,16,19)(H,17,18). The first-order valence-electron chi connectivity index (χ1n) is 6.67. The molecule has 1 aromatic rings. The van der Waals surface area contributed by atoms with E-state index >= 15 is 0 Å². The van der Waals surface area contributed by atoms with Crippen LogP contribution >= 0.6 is 0 Å². The number of carbonyl (C=O) groups excluding carboxylic acids is 2. The van der Waals surface area contributed by atoms with Gasteiger partial charge in [0.25, 0.3) is 0 Å². The maximum atomic E-state index is 11.7. The van der Waals surface area contributed by atoms with E-state index in [2.05, 4.69) is 10.6 Å². The van der Waals surface area contributed by atoms with Crippen molar-refractivity contribution in [3.8, 4) is 5.75 Å². The zero-order chi connectivity index (χ0) is 15.0. The van der Waals surface area contributed by atoms with Crippen molar-refractivity contribution >= 4 is 11.8 Å². The van der Waals surface area contributed by atoms with Crippen LogP contribution in [0.5, 0.6) is 5.75 Å². The Morgan fingerprint density at radius 1 is 1.10 bits per heavy atom. The molecule has 0 radical (unpaired) electrons. The van der Waals surface area contributed by atoms with E-state index < -0.39 is 0 Å². The molecule has 5 nitrogen and oxygen atoms in total. The minimum absolute atomic E-state index is 0.0156. The number of amides is 2. The lowest BCUT2D eigenvalue weighted by atomic mass is 10.1. The van der Waals surface area contributed by atoms with Gasteiger partial charge in [-0.1, -0.05) is 26.0 Å². The molecule has 0 saturated carbocycles. The molecule has 0 aliphatic carbocycles. The fourth-order valence-corrected chi connectivity index (χ4v) is 1.55. The van der Waals surface area contributed by atoms with Gasteiger partial charge in [0.05, 0.1) is 20.1 Å². The monoisotopic (exact) mass is 278 g/mol. The summed E-state index contributed by atoms with van der Waals surface area (Å²) in [5, 5.41) is 5.35. The van der Waals surface area contributed by atoms with Crippen LogP contribution in [-0.2, 0) is 16.0 Å². The number of ether oxygens (including phenoxy) is 1. The van der Waals surface area contributed by atoms with Gasteiger partial charge in [0.15, 0.2) is 0 Å². The second kappa shape index (κ2) is 8.19. The summed E-state index contributed by atoms with van der Waals surface area (Å²) < 4.78 is 5.05. The van der Waals surface area contributed by atoms with E-state index in [9.17, 15) is 9.59 Å². The highest BCUT2D eigenvalue weighted by Crippen LogP contribution is 2.11. The Kier molecular flexibility index (Phi) is 6.56. The SMILES string of the molecule is COc1ccc(CC(=O)NCC(=O)NCC(C)C)cc1. The molecule has 5 heteroatoms. The van der Waals surface area contributed by atoms with Crippen LogP contribution < -0.4 is 15.4 Å². The number of hydrogen-bond acceptors (Lipinski definition) is 3. The van der Waals surface area contributed by atoms with E-state index in [-0.39, 0.29) is 24.8 Å². The van der Waals surface area contributed by atoms with Crippen LogP contribution in [0.3, 0.4) is 0 Å². The van der Waals surface area contributed by atoms with Gasteiger partial charge in [-0.05, 0) is 23.6 Å². The summed E-state index contributed by atoms with van der Waals surface area (Å²) in [6.07, 6.45) is 0.251. The van der Waals surface area contributed by atoms with Gasteiger partial charge in [-0.15, -0.1) is 0 Å². The van der Waals surface area contributed by atoms with Gasteiger partial charge >= 0.3 is 0 Å². The third kappa shape index (κ3) is 6.22. The molecule has 0 heterocycles. The minimum Gasteiger partial charge on any atom is -0.497 e. The Hall–Kier alpha value is -2.04. The van der Waals surface area contributed by atoms with Crippen LogP contribution in [0.2, 0.25) is 0 Å². The molecule has 2 N–H and O–H groups in total. The molecule has 0 aromatic heterocycles. The average Bonchev–Trinajstić information content (AvgIpc) is 2.43. The Bertz CT molecular complexity index is 441. The number of nitrogens with one attached hydrogen (secondary N) is 2. The highest BCUT2D eigenvalue weighted by atomic mass is 16.5. The molecule has 1 aromatic carbocycles. The predicted octanol–water partition coefficient (Wildman–Crippen LogP) is 1.13. The lowest BCUT2D eigenvalue weighted by molar-refractivity contribution is -0.125. The smallest absolute Gasteiger partial charge is 0.239 e. The second-order valence-electron chi connectivity index (χ2n) is 5.00. The lowest BCUT2D eigenvalue weighted by Crippen LogP contribution is -2.38. The Morgan fingerprint density at radius 3 is 2.30 bits per heavy atom. The first kappa shape index (κ1) is 16.0. The molecule has 0 aliphatic heterocycles. The molecule has 110 valence electrons. The van der Waals surface area contributed by atoms with Crippen molar-refractivity contribution in [2.24, 2.45) is 5.92 Å². The summed E-state index contributed by atoms with van der Waals surface area (Å²) >= 11 is 0. The average molecular weight is 278 g/mol. The maximum Gasteiger partial charge on any atom is 0.239 e. The number of benzene rings is 1. The van der Waals surface area contributed by atoms with Gasteiger partial charge in [0, 0.05) is 6.54 Å². The summed E-state index contributed by atoms with van der Waals surface area (Å²) in [4.78, 5) is 23.1. The Balaban J connectivity index is 2.30. The summed E-state index contributed by atoms with van der Waals surface area (Å²) in [5.41, 5.74) is 0.880. The molecule has 0 unspecified atom stereocenters. The molecule has 2 amide bonds. The lowest BCUT2D eigenvalue weighted by Gasteiger charge is -2.09. The first-order valence-corrected chi connectivity index (χ1v) is 6.67. The molecule has 1 rings (SSSR count). The molecular formula is C15H22N2O3. The van der Waals surface area contributed by atoms with Crippen LogP contribution in [0.15, 0.2) is 24.3 Å². The van der Waals surface area contributed by atoms with Crippen LogP contribution in [-0.4, -0.2) is 32.0 Å². The molecule has 0 fully saturated rings. The van der Waals surface area contributed by atoms with Gasteiger partial charge in [-0.3, -0.25) is 9.59 Å². The zero-order valence-corrected chi connectivity index (χ0v) is 12.2.